The molecule has 0 bridgehead atoms. The third-order valence-corrected chi connectivity index (χ3v) is 7.82. The Bertz CT molecular complexity index is 944. The zero-order valence-electron chi connectivity index (χ0n) is 20.2. The Balaban J connectivity index is 1.39. The smallest absolute Gasteiger partial charge is 0.226 e. The second kappa shape index (κ2) is 11.2. The Morgan fingerprint density at radius 1 is 1.18 bits per heavy atom. The summed E-state index contributed by atoms with van der Waals surface area (Å²) < 4.78 is 13.3. The number of carbonyl (C=O) groups is 2. The molecule has 3 atom stereocenters. The van der Waals surface area contributed by atoms with Gasteiger partial charge in [0.2, 0.25) is 11.8 Å². The van der Waals surface area contributed by atoms with Crippen molar-refractivity contribution in [1.82, 2.24) is 10.2 Å². The van der Waals surface area contributed by atoms with E-state index >= 15 is 0 Å². The maximum absolute atomic E-state index is 13.3. The highest BCUT2D eigenvalue weighted by molar-refractivity contribution is 5.80. The lowest BCUT2D eigenvalue weighted by Gasteiger charge is -2.46. The molecule has 0 aromatic heterocycles. The minimum absolute atomic E-state index is 0.0324. The summed E-state index contributed by atoms with van der Waals surface area (Å²) in [5.41, 5.74) is 1.90. The van der Waals surface area contributed by atoms with E-state index in [1.54, 1.807) is 6.08 Å². The fourth-order valence-corrected chi connectivity index (χ4v) is 5.70. The fourth-order valence-electron chi connectivity index (χ4n) is 5.70. The summed E-state index contributed by atoms with van der Waals surface area (Å²) in [6.45, 7) is 3.38. The molecule has 0 radical (unpaired) electrons. The van der Waals surface area contributed by atoms with Crippen LogP contribution in [-0.2, 0) is 9.59 Å². The van der Waals surface area contributed by atoms with Gasteiger partial charge in [-0.2, -0.15) is 0 Å². The third kappa shape index (κ3) is 6.05. The van der Waals surface area contributed by atoms with Gasteiger partial charge in [0.25, 0.3) is 0 Å². The maximum atomic E-state index is 13.3. The number of likely N-dealkylation sites (tertiary alicyclic amines) is 1. The Kier molecular flexibility index (Phi) is 8.02. The van der Waals surface area contributed by atoms with Crippen molar-refractivity contribution in [2.45, 2.75) is 70.5 Å². The minimum atomic E-state index is -0.936. The molecule has 0 saturated carbocycles. The highest BCUT2D eigenvalue weighted by Crippen LogP contribution is 2.46. The molecule has 3 aliphatic rings. The molecule has 1 aliphatic heterocycles. The van der Waals surface area contributed by atoms with Crippen molar-refractivity contribution in [3.05, 3.63) is 71.8 Å². The van der Waals surface area contributed by atoms with E-state index in [9.17, 15) is 14.0 Å². The summed E-state index contributed by atoms with van der Waals surface area (Å²) in [7, 11) is 0. The van der Waals surface area contributed by atoms with E-state index in [4.69, 9.17) is 0 Å². The van der Waals surface area contributed by atoms with Crippen LogP contribution in [0.5, 0.6) is 0 Å². The number of rotatable bonds is 7. The zero-order chi connectivity index (χ0) is 24.0. The quantitative estimate of drug-likeness (QED) is 0.516. The van der Waals surface area contributed by atoms with Gasteiger partial charge in [-0.25, -0.2) is 4.39 Å². The number of carbonyl (C=O) groups excluding carboxylic acids is 2. The summed E-state index contributed by atoms with van der Waals surface area (Å²) in [4.78, 5) is 28.0. The number of amides is 2. The molecule has 1 saturated heterocycles. The second-order valence-corrected chi connectivity index (χ2v) is 10.2. The first-order valence-corrected chi connectivity index (χ1v) is 12.8. The predicted octanol–water partition coefficient (Wildman–Crippen LogP) is 5.83. The van der Waals surface area contributed by atoms with Gasteiger partial charge in [-0.3, -0.25) is 9.59 Å². The zero-order valence-corrected chi connectivity index (χ0v) is 20.2. The summed E-state index contributed by atoms with van der Waals surface area (Å²) >= 11 is 0. The Hall–Kier alpha value is -2.69. The molecule has 0 spiro atoms. The van der Waals surface area contributed by atoms with Gasteiger partial charge in [-0.1, -0.05) is 60.7 Å². The van der Waals surface area contributed by atoms with E-state index in [1.807, 2.05) is 48.2 Å². The van der Waals surface area contributed by atoms with Crippen LogP contribution in [0.15, 0.2) is 66.3 Å². The first-order chi connectivity index (χ1) is 16.4. The number of hydrogen-bond donors (Lipinski definition) is 1. The van der Waals surface area contributed by atoms with Crippen LogP contribution in [0, 0.1) is 11.3 Å². The number of piperidine rings is 1. The highest BCUT2D eigenvalue weighted by atomic mass is 19.1. The largest absolute Gasteiger partial charge is 0.350 e. The maximum Gasteiger partial charge on any atom is 0.226 e. The van der Waals surface area contributed by atoms with Gasteiger partial charge in [0.1, 0.15) is 6.17 Å². The average Bonchev–Trinajstić information content (AvgIpc) is 2.87. The first-order valence-electron chi connectivity index (χ1n) is 12.8. The predicted molar refractivity (Wildman–Crippen MR) is 134 cm³/mol. The number of hydrogen-bond acceptors (Lipinski definition) is 2. The van der Waals surface area contributed by atoms with Crippen LogP contribution in [0.3, 0.4) is 0 Å². The van der Waals surface area contributed by atoms with Crippen LogP contribution in [0.4, 0.5) is 4.39 Å². The van der Waals surface area contributed by atoms with Gasteiger partial charge < -0.3 is 10.2 Å². The van der Waals surface area contributed by atoms with E-state index < -0.39 is 6.17 Å². The fraction of sp³-hybridized carbons (Fsp3) is 0.517. The van der Waals surface area contributed by atoms with E-state index in [-0.39, 0.29) is 23.3 Å². The van der Waals surface area contributed by atoms with Crippen molar-refractivity contribution in [2.75, 3.05) is 13.1 Å². The van der Waals surface area contributed by atoms with Crippen molar-refractivity contribution >= 4 is 11.8 Å². The first kappa shape index (κ1) is 24.4. The number of halogens is 1. The molecule has 1 aromatic rings. The average molecular weight is 465 g/mol. The molecule has 34 heavy (non-hydrogen) atoms. The molecule has 2 aliphatic carbocycles. The standard InChI is InChI=1S/C29H37FN2O2/c1-22(24-8-4-2-5-9-24)31-27(33)21-29(25-10-6-3-7-11-25)16-18-32(19-17-29)28(34)20-23-12-14-26(30)15-13-23/h2,4-6,8-10,12-14,22,25-26H,3,7,11,15-21H2,1H3,(H,31,33). The summed E-state index contributed by atoms with van der Waals surface area (Å²) in [6.07, 6.45) is 15.0. The highest BCUT2D eigenvalue weighted by Gasteiger charge is 2.43. The normalized spacial score (nSPS) is 24.9. The summed E-state index contributed by atoms with van der Waals surface area (Å²) in [5, 5.41) is 3.21. The number of benzene rings is 1. The minimum Gasteiger partial charge on any atom is -0.350 e. The number of allylic oxidation sites excluding steroid dienone is 5. The van der Waals surface area contributed by atoms with Crippen molar-refractivity contribution < 1.29 is 14.0 Å². The van der Waals surface area contributed by atoms with Crippen LogP contribution in [0.25, 0.3) is 0 Å². The monoisotopic (exact) mass is 464 g/mol. The van der Waals surface area contributed by atoms with Gasteiger partial charge in [0.15, 0.2) is 0 Å². The van der Waals surface area contributed by atoms with Crippen LogP contribution in [0.1, 0.15) is 69.9 Å². The molecule has 3 unspecified atom stereocenters. The van der Waals surface area contributed by atoms with Crippen LogP contribution >= 0.6 is 0 Å². The van der Waals surface area contributed by atoms with E-state index in [0.717, 1.165) is 43.2 Å². The Labute approximate surface area is 203 Å². The molecular weight excluding hydrogens is 427 g/mol. The molecule has 1 aromatic carbocycles. The topological polar surface area (TPSA) is 49.4 Å². The van der Waals surface area contributed by atoms with Crippen molar-refractivity contribution in [3.8, 4) is 0 Å². The van der Waals surface area contributed by atoms with Crippen LogP contribution < -0.4 is 5.32 Å². The van der Waals surface area contributed by atoms with Crippen molar-refractivity contribution in [1.29, 1.82) is 0 Å². The van der Waals surface area contributed by atoms with Crippen LogP contribution in [0.2, 0.25) is 0 Å². The number of nitrogens with zero attached hydrogens (tertiary/aromatic N) is 1. The van der Waals surface area contributed by atoms with E-state index in [0.29, 0.717) is 38.3 Å². The third-order valence-electron chi connectivity index (χ3n) is 7.82. The Morgan fingerprint density at radius 3 is 2.59 bits per heavy atom. The molecule has 5 heteroatoms. The number of alkyl halides is 1. The molecule has 4 rings (SSSR count). The molecule has 1 fully saturated rings. The molecule has 2 amide bonds. The lowest BCUT2D eigenvalue weighted by molar-refractivity contribution is -0.134. The van der Waals surface area contributed by atoms with E-state index in [1.165, 1.54) is 6.08 Å². The molecule has 4 nitrogen and oxygen atoms in total. The molecular formula is C29H37FN2O2. The molecule has 1 heterocycles. The number of nitrogens with one attached hydrogen (secondary N) is 1. The van der Waals surface area contributed by atoms with Gasteiger partial charge in [-0.15, -0.1) is 0 Å². The van der Waals surface area contributed by atoms with Gasteiger partial charge >= 0.3 is 0 Å². The Morgan fingerprint density at radius 2 is 1.94 bits per heavy atom. The van der Waals surface area contributed by atoms with Crippen molar-refractivity contribution in [3.63, 3.8) is 0 Å². The molecule has 1 N–H and O–H groups in total. The lowest BCUT2D eigenvalue weighted by atomic mass is 9.63. The summed E-state index contributed by atoms with van der Waals surface area (Å²) in [6, 6.07) is 10.0. The SMILES string of the molecule is CC(NC(=O)CC1(C2C=CCCC2)CCN(C(=O)CC2=CCC(F)C=C2)CC1)c1ccccc1. The summed E-state index contributed by atoms with van der Waals surface area (Å²) in [5.74, 6) is 0.568. The van der Waals surface area contributed by atoms with Gasteiger partial charge in [0, 0.05) is 25.9 Å². The second-order valence-electron chi connectivity index (χ2n) is 10.2. The van der Waals surface area contributed by atoms with Crippen molar-refractivity contribution in [2.24, 2.45) is 11.3 Å². The molecule has 182 valence electrons. The van der Waals surface area contributed by atoms with Gasteiger partial charge in [0.05, 0.1) is 12.5 Å². The van der Waals surface area contributed by atoms with Crippen LogP contribution in [-0.4, -0.2) is 36.0 Å². The lowest BCUT2D eigenvalue weighted by Crippen LogP contribution is -2.48. The van der Waals surface area contributed by atoms with E-state index in [2.05, 4.69) is 17.5 Å². The van der Waals surface area contributed by atoms with Gasteiger partial charge in [-0.05, 0) is 61.5 Å².